The highest BCUT2D eigenvalue weighted by molar-refractivity contribution is 6.06. The lowest BCUT2D eigenvalue weighted by atomic mass is 10.0. The number of hydrogen-bond donors (Lipinski definition) is 3. The second-order valence-electron chi connectivity index (χ2n) is 7.14. The molecule has 1 saturated heterocycles. The van der Waals surface area contributed by atoms with Gasteiger partial charge in [0.2, 0.25) is 5.91 Å². The van der Waals surface area contributed by atoms with Crippen molar-refractivity contribution in [1.29, 1.82) is 0 Å². The fourth-order valence-corrected chi connectivity index (χ4v) is 3.43. The number of halogens is 3. The molecule has 9 nitrogen and oxygen atoms in total. The summed E-state index contributed by atoms with van der Waals surface area (Å²) in [6.45, 7) is 2.34. The van der Waals surface area contributed by atoms with Crippen LogP contribution in [-0.4, -0.2) is 52.2 Å². The van der Waals surface area contributed by atoms with E-state index in [0.717, 1.165) is 0 Å². The predicted molar refractivity (Wildman–Crippen MR) is 101 cm³/mol. The van der Waals surface area contributed by atoms with Gasteiger partial charge in [-0.25, -0.2) is 0 Å². The van der Waals surface area contributed by atoms with E-state index in [4.69, 9.17) is 15.9 Å². The summed E-state index contributed by atoms with van der Waals surface area (Å²) in [5.41, 5.74) is 9.69. The maximum Gasteiger partial charge on any atom is 0.420 e. The number of nitrogens with two attached hydrogens (primary N) is 2. The number of nitrogens with zero attached hydrogens (tertiary/aromatic N) is 3. The molecule has 2 aromatic rings. The van der Waals surface area contributed by atoms with E-state index in [-0.39, 0.29) is 29.9 Å². The minimum Gasteiger partial charge on any atom is -0.468 e. The fourth-order valence-electron chi connectivity index (χ4n) is 3.43. The molecule has 1 aliphatic heterocycles. The van der Waals surface area contributed by atoms with Gasteiger partial charge in [0.15, 0.2) is 0 Å². The number of nitrogens with one attached hydrogen (secondary N) is 1. The van der Waals surface area contributed by atoms with Crippen LogP contribution in [0.25, 0.3) is 0 Å². The Kier molecular flexibility index (Phi) is 6.17. The highest BCUT2D eigenvalue weighted by Gasteiger charge is 2.38. The van der Waals surface area contributed by atoms with Gasteiger partial charge in [0.1, 0.15) is 17.6 Å². The molecule has 0 aromatic carbocycles. The largest absolute Gasteiger partial charge is 0.468 e. The van der Waals surface area contributed by atoms with E-state index in [9.17, 15) is 22.8 Å². The Bertz CT molecular complexity index is 915. The lowest BCUT2D eigenvalue weighted by Gasteiger charge is -2.33. The third-order valence-corrected chi connectivity index (χ3v) is 5.09. The number of likely N-dealkylation sites (tertiary alicyclic amines) is 1. The number of alkyl halides is 3. The number of amides is 2. The zero-order valence-corrected chi connectivity index (χ0v) is 16.3. The minimum atomic E-state index is -4.70. The van der Waals surface area contributed by atoms with Crippen LogP contribution in [0.2, 0.25) is 0 Å². The zero-order chi connectivity index (χ0) is 22.1. The Balaban J connectivity index is 1.64. The first-order valence-electron chi connectivity index (χ1n) is 9.37. The van der Waals surface area contributed by atoms with Crippen molar-refractivity contribution in [1.82, 2.24) is 14.7 Å². The first-order valence-corrected chi connectivity index (χ1v) is 9.37. The van der Waals surface area contributed by atoms with Gasteiger partial charge in [-0.15, -0.1) is 0 Å². The molecule has 164 valence electrons. The van der Waals surface area contributed by atoms with E-state index < -0.39 is 29.3 Å². The van der Waals surface area contributed by atoms with E-state index in [0.29, 0.717) is 32.2 Å². The predicted octanol–water partition coefficient (Wildman–Crippen LogP) is 1.51. The van der Waals surface area contributed by atoms with Crippen molar-refractivity contribution in [3.63, 3.8) is 0 Å². The van der Waals surface area contributed by atoms with E-state index in [1.54, 1.807) is 15.8 Å². The van der Waals surface area contributed by atoms with Crippen LogP contribution in [0.3, 0.4) is 0 Å². The first-order chi connectivity index (χ1) is 14.1. The van der Waals surface area contributed by atoms with Crippen LogP contribution < -0.4 is 16.8 Å². The molecule has 1 atom stereocenters. The van der Waals surface area contributed by atoms with Gasteiger partial charge in [0.25, 0.3) is 5.91 Å². The van der Waals surface area contributed by atoms with Crippen LogP contribution in [0.15, 0.2) is 23.1 Å². The third kappa shape index (κ3) is 4.49. The van der Waals surface area contributed by atoms with Gasteiger partial charge in [-0.3, -0.25) is 14.3 Å². The fraction of sp³-hybridized carbons (Fsp3) is 0.500. The van der Waals surface area contributed by atoms with Gasteiger partial charge >= 0.3 is 6.18 Å². The highest BCUT2D eigenvalue weighted by Crippen LogP contribution is 2.35. The van der Waals surface area contributed by atoms with Crippen LogP contribution in [0.5, 0.6) is 0 Å². The Morgan fingerprint density at radius 3 is 2.63 bits per heavy atom. The van der Waals surface area contributed by atoms with Gasteiger partial charge in [-0.2, -0.15) is 18.3 Å². The summed E-state index contributed by atoms with van der Waals surface area (Å²) in [5, 5.41) is 6.63. The summed E-state index contributed by atoms with van der Waals surface area (Å²) in [6.07, 6.45) is -0.0170. The summed E-state index contributed by atoms with van der Waals surface area (Å²) in [4.78, 5) is 26.1. The molecule has 0 unspecified atom stereocenters. The van der Waals surface area contributed by atoms with E-state index in [1.165, 1.54) is 13.1 Å². The summed E-state index contributed by atoms with van der Waals surface area (Å²) >= 11 is 0. The molecule has 0 bridgehead atoms. The molecule has 3 rings (SSSR count). The standard InChI is InChI=1S/C18H23F3N6O3/c1-10-15(13(9-30-10)18(19,20)21)16(28)25-11-7-24-27(8-11)12-2-4-26(5-3-12)17(29)14(23)6-22/h7-9,12,14H,2-6,22-23H2,1H3,(H,25,28)/t14-/m0/s1. The summed E-state index contributed by atoms with van der Waals surface area (Å²) in [5.74, 6) is -1.25. The average molecular weight is 428 g/mol. The summed E-state index contributed by atoms with van der Waals surface area (Å²) < 4.78 is 45.6. The number of aryl methyl sites for hydroxylation is 1. The van der Waals surface area contributed by atoms with Crippen LogP contribution in [0, 0.1) is 6.92 Å². The molecule has 1 fully saturated rings. The molecular weight excluding hydrogens is 405 g/mol. The molecule has 0 spiro atoms. The highest BCUT2D eigenvalue weighted by atomic mass is 19.4. The number of aromatic nitrogens is 2. The molecule has 30 heavy (non-hydrogen) atoms. The number of furan rings is 1. The smallest absolute Gasteiger partial charge is 0.420 e. The normalized spacial score (nSPS) is 16.5. The maximum absolute atomic E-state index is 13.1. The molecule has 5 N–H and O–H groups in total. The second kappa shape index (κ2) is 8.48. The lowest BCUT2D eigenvalue weighted by Crippen LogP contribution is -2.50. The molecule has 12 heteroatoms. The lowest BCUT2D eigenvalue weighted by molar-refractivity contribution is -0.138. The van der Waals surface area contributed by atoms with Crippen molar-refractivity contribution < 1.29 is 27.2 Å². The minimum absolute atomic E-state index is 0.0183. The Labute approximate surface area is 170 Å². The average Bonchev–Trinajstić information content (AvgIpc) is 3.33. The van der Waals surface area contributed by atoms with Crippen LogP contribution in [0.1, 0.15) is 40.6 Å². The topological polar surface area (TPSA) is 132 Å². The van der Waals surface area contributed by atoms with Gasteiger partial charge in [-0.1, -0.05) is 0 Å². The molecule has 2 aromatic heterocycles. The Morgan fingerprint density at radius 2 is 2.03 bits per heavy atom. The Hall–Kier alpha value is -2.86. The molecule has 0 saturated carbocycles. The van der Waals surface area contributed by atoms with E-state index in [2.05, 4.69) is 10.4 Å². The molecule has 0 aliphatic carbocycles. The molecule has 3 heterocycles. The first kappa shape index (κ1) is 21.8. The number of carbonyl (C=O) groups is 2. The number of anilines is 1. The quantitative estimate of drug-likeness (QED) is 0.661. The van der Waals surface area contributed by atoms with Gasteiger partial charge in [-0.05, 0) is 19.8 Å². The molecular formula is C18H23F3N6O3. The zero-order valence-electron chi connectivity index (χ0n) is 16.3. The van der Waals surface area contributed by atoms with E-state index in [1.807, 2.05) is 0 Å². The summed E-state index contributed by atoms with van der Waals surface area (Å²) in [7, 11) is 0. The number of hydrogen-bond acceptors (Lipinski definition) is 6. The molecule has 1 aliphatic rings. The maximum atomic E-state index is 13.1. The van der Waals surface area contributed by atoms with Crippen LogP contribution in [-0.2, 0) is 11.0 Å². The molecule has 2 amide bonds. The summed E-state index contributed by atoms with van der Waals surface area (Å²) in [6, 6.07) is -0.740. The SMILES string of the molecule is Cc1occ(C(F)(F)F)c1C(=O)Nc1cnn(C2CCN(C(=O)[C@@H](N)CN)CC2)c1. The monoisotopic (exact) mass is 428 g/mol. The van der Waals surface area contributed by atoms with Gasteiger partial charge in [0.05, 0.1) is 29.5 Å². The number of rotatable bonds is 5. The van der Waals surface area contributed by atoms with Crippen molar-refractivity contribution in [2.45, 2.75) is 38.0 Å². The molecule has 0 radical (unpaired) electrons. The Morgan fingerprint density at radius 1 is 1.37 bits per heavy atom. The van der Waals surface area contributed by atoms with Crippen LogP contribution >= 0.6 is 0 Å². The number of piperidine rings is 1. The van der Waals surface area contributed by atoms with Crippen molar-refractivity contribution in [2.75, 3.05) is 25.0 Å². The van der Waals surface area contributed by atoms with E-state index >= 15 is 0 Å². The van der Waals surface area contributed by atoms with Crippen molar-refractivity contribution in [3.05, 3.63) is 35.5 Å². The van der Waals surface area contributed by atoms with Crippen LogP contribution in [0.4, 0.5) is 18.9 Å². The van der Waals surface area contributed by atoms with Gasteiger partial charge in [0, 0.05) is 25.8 Å². The number of carbonyl (C=O) groups excluding carboxylic acids is 2. The second-order valence-corrected chi connectivity index (χ2v) is 7.14. The van der Waals surface area contributed by atoms with Crippen molar-refractivity contribution in [2.24, 2.45) is 11.5 Å². The van der Waals surface area contributed by atoms with Crippen molar-refractivity contribution >= 4 is 17.5 Å². The van der Waals surface area contributed by atoms with Crippen molar-refractivity contribution in [3.8, 4) is 0 Å². The third-order valence-electron chi connectivity index (χ3n) is 5.09. The van der Waals surface area contributed by atoms with Gasteiger partial charge < -0.3 is 26.1 Å².